The highest BCUT2D eigenvalue weighted by Crippen LogP contribution is 2.37. The highest BCUT2D eigenvalue weighted by Gasteiger charge is 2.51. The van der Waals surface area contributed by atoms with Crippen LogP contribution in [0.15, 0.2) is 24.4 Å². The second-order valence-electron chi connectivity index (χ2n) is 8.31. The van der Waals surface area contributed by atoms with Crippen LogP contribution in [0, 0.1) is 0 Å². The van der Waals surface area contributed by atoms with Crippen molar-refractivity contribution in [1.82, 2.24) is 9.78 Å². The van der Waals surface area contributed by atoms with E-state index in [9.17, 15) is 5.11 Å². The molecule has 1 aliphatic carbocycles. The highest BCUT2D eigenvalue weighted by atomic mass is 16.7. The average Bonchev–Trinajstić information content (AvgIpc) is 2.94. The molecule has 2 aromatic rings. The molecule has 5 nitrogen and oxygen atoms in total. The lowest BCUT2D eigenvalue weighted by Crippen LogP contribution is -2.41. The van der Waals surface area contributed by atoms with Crippen molar-refractivity contribution in [3.05, 3.63) is 24.4 Å². The van der Waals surface area contributed by atoms with Crippen molar-refractivity contribution in [3.63, 3.8) is 0 Å². The van der Waals surface area contributed by atoms with Gasteiger partial charge < -0.3 is 14.4 Å². The summed E-state index contributed by atoms with van der Waals surface area (Å²) in [4.78, 5) is 0. The van der Waals surface area contributed by atoms with E-state index in [1.165, 1.54) is 0 Å². The van der Waals surface area contributed by atoms with Gasteiger partial charge in [-0.2, -0.15) is 5.10 Å². The quantitative estimate of drug-likeness (QED) is 0.878. The first-order valence-corrected chi connectivity index (χ1v) is 8.73. The SMILES string of the molecule is CC1(C)OB(c2ccc3nn(CC4(O)CCC4)cc3c2)OC1(C)C. The van der Waals surface area contributed by atoms with Gasteiger partial charge in [-0.15, -0.1) is 0 Å². The molecule has 2 fully saturated rings. The van der Waals surface area contributed by atoms with E-state index in [0.29, 0.717) is 6.54 Å². The van der Waals surface area contributed by atoms with Crippen LogP contribution < -0.4 is 5.46 Å². The molecule has 1 aromatic heterocycles. The lowest BCUT2D eigenvalue weighted by atomic mass is 9.79. The van der Waals surface area contributed by atoms with Crippen molar-refractivity contribution >= 4 is 23.5 Å². The smallest absolute Gasteiger partial charge is 0.399 e. The summed E-state index contributed by atoms with van der Waals surface area (Å²) < 4.78 is 14.1. The van der Waals surface area contributed by atoms with E-state index in [1.54, 1.807) is 0 Å². The molecule has 1 saturated heterocycles. The molecule has 4 rings (SSSR count). The Balaban J connectivity index is 1.60. The van der Waals surface area contributed by atoms with Crippen LogP contribution in [-0.2, 0) is 15.9 Å². The Kier molecular flexibility index (Phi) is 3.40. The molecule has 128 valence electrons. The van der Waals surface area contributed by atoms with Crippen molar-refractivity contribution in [2.24, 2.45) is 0 Å². The van der Waals surface area contributed by atoms with E-state index in [-0.39, 0.29) is 18.3 Å². The van der Waals surface area contributed by atoms with Gasteiger partial charge in [0.2, 0.25) is 0 Å². The van der Waals surface area contributed by atoms with Gasteiger partial charge in [-0.1, -0.05) is 12.1 Å². The zero-order valence-electron chi connectivity index (χ0n) is 14.9. The van der Waals surface area contributed by atoms with Gasteiger partial charge in [0.15, 0.2) is 0 Å². The number of nitrogens with zero attached hydrogens (tertiary/aromatic N) is 2. The standard InChI is InChI=1S/C18H25BN2O3/c1-16(2)17(3,4)24-19(23-16)14-6-7-15-13(10-14)11-21(20-15)12-18(22)8-5-9-18/h6-7,10-11,22H,5,8-9,12H2,1-4H3. The van der Waals surface area contributed by atoms with Crippen LogP contribution in [0.25, 0.3) is 10.9 Å². The molecule has 1 N–H and O–H groups in total. The van der Waals surface area contributed by atoms with Gasteiger partial charge in [0.05, 0.1) is 28.9 Å². The summed E-state index contributed by atoms with van der Waals surface area (Å²) >= 11 is 0. The third-order valence-corrected chi connectivity index (χ3v) is 5.84. The molecule has 2 aliphatic rings. The summed E-state index contributed by atoms with van der Waals surface area (Å²) in [5.74, 6) is 0. The minimum atomic E-state index is -0.573. The number of hydrogen-bond acceptors (Lipinski definition) is 4. The van der Waals surface area contributed by atoms with E-state index in [1.807, 2.05) is 23.0 Å². The molecule has 1 saturated carbocycles. The number of aliphatic hydroxyl groups is 1. The lowest BCUT2D eigenvalue weighted by Gasteiger charge is -2.36. The minimum Gasteiger partial charge on any atom is -0.399 e. The fourth-order valence-corrected chi connectivity index (χ4v) is 3.35. The first kappa shape index (κ1) is 16.1. The molecule has 6 heteroatoms. The Labute approximate surface area is 143 Å². The summed E-state index contributed by atoms with van der Waals surface area (Å²) in [6, 6.07) is 6.09. The van der Waals surface area contributed by atoms with Gasteiger partial charge >= 0.3 is 7.12 Å². The second-order valence-corrected chi connectivity index (χ2v) is 8.31. The molecule has 0 unspecified atom stereocenters. The fraction of sp³-hybridized carbons (Fsp3) is 0.611. The van der Waals surface area contributed by atoms with Crippen molar-refractivity contribution in [3.8, 4) is 0 Å². The summed E-state index contributed by atoms with van der Waals surface area (Å²) in [5, 5.41) is 16.0. The third-order valence-electron chi connectivity index (χ3n) is 5.84. The summed E-state index contributed by atoms with van der Waals surface area (Å²) in [6.45, 7) is 8.80. The third kappa shape index (κ3) is 2.57. The average molecular weight is 328 g/mol. The normalized spacial score (nSPS) is 24.3. The molecule has 1 aliphatic heterocycles. The molecule has 0 radical (unpaired) electrons. The van der Waals surface area contributed by atoms with Crippen molar-refractivity contribution in [2.45, 2.75) is 70.3 Å². The molecule has 0 atom stereocenters. The Bertz CT molecular complexity index is 764. The second kappa shape index (κ2) is 5.07. The Morgan fingerprint density at radius 1 is 1.17 bits per heavy atom. The molecule has 0 spiro atoms. The molecule has 2 heterocycles. The molecular formula is C18H25BN2O3. The lowest BCUT2D eigenvalue weighted by molar-refractivity contribution is -0.0496. The van der Waals surface area contributed by atoms with Gasteiger partial charge in [-0.3, -0.25) is 4.68 Å². The zero-order chi connectivity index (χ0) is 17.2. The van der Waals surface area contributed by atoms with E-state index in [4.69, 9.17) is 9.31 Å². The van der Waals surface area contributed by atoms with Crippen molar-refractivity contribution in [1.29, 1.82) is 0 Å². The predicted molar refractivity (Wildman–Crippen MR) is 94.2 cm³/mol. The monoisotopic (exact) mass is 328 g/mol. The molecule has 1 aromatic carbocycles. The number of benzene rings is 1. The zero-order valence-corrected chi connectivity index (χ0v) is 14.9. The van der Waals surface area contributed by atoms with Gasteiger partial charge in [-0.05, 0) is 58.5 Å². The van der Waals surface area contributed by atoms with E-state index in [2.05, 4.69) is 38.9 Å². The maximum absolute atomic E-state index is 10.3. The van der Waals surface area contributed by atoms with E-state index < -0.39 is 5.60 Å². The van der Waals surface area contributed by atoms with Gasteiger partial charge in [0, 0.05) is 11.6 Å². The Morgan fingerprint density at radius 3 is 2.42 bits per heavy atom. The Morgan fingerprint density at radius 2 is 1.83 bits per heavy atom. The number of hydrogen-bond donors (Lipinski definition) is 1. The molecular weight excluding hydrogens is 303 g/mol. The van der Waals surface area contributed by atoms with E-state index >= 15 is 0 Å². The maximum Gasteiger partial charge on any atom is 0.494 e. The largest absolute Gasteiger partial charge is 0.494 e. The first-order chi connectivity index (χ1) is 11.2. The van der Waals surface area contributed by atoms with Crippen LogP contribution in [0.4, 0.5) is 0 Å². The van der Waals surface area contributed by atoms with Crippen LogP contribution in [-0.4, -0.2) is 38.8 Å². The summed E-state index contributed by atoms with van der Waals surface area (Å²) in [5.41, 5.74) is 0.673. The summed E-state index contributed by atoms with van der Waals surface area (Å²) in [7, 11) is -0.362. The van der Waals surface area contributed by atoms with E-state index in [0.717, 1.165) is 35.6 Å². The van der Waals surface area contributed by atoms with Crippen LogP contribution >= 0.6 is 0 Å². The first-order valence-electron chi connectivity index (χ1n) is 8.73. The van der Waals surface area contributed by atoms with Gasteiger partial charge in [0.25, 0.3) is 0 Å². The number of fused-ring (bicyclic) bond motifs is 1. The maximum atomic E-state index is 10.3. The minimum absolute atomic E-state index is 0.343. The van der Waals surface area contributed by atoms with Crippen molar-refractivity contribution in [2.75, 3.05) is 0 Å². The molecule has 0 bridgehead atoms. The number of aromatic nitrogens is 2. The predicted octanol–water partition coefficient (Wildman–Crippen LogP) is 2.25. The van der Waals surface area contributed by atoms with Crippen LogP contribution in [0.2, 0.25) is 0 Å². The van der Waals surface area contributed by atoms with Crippen LogP contribution in [0.3, 0.4) is 0 Å². The van der Waals surface area contributed by atoms with Gasteiger partial charge in [-0.25, -0.2) is 0 Å². The van der Waals surface area contributed by atoms with Gasteiger partial charge in [0.1, 0.15) is 0 Å². The highest BCUT2D eigenvalue weighted by molar-refractivity contribution is 6.62. The Hall–Kier alpha value is -1.37. The summed E-state index contributed by atoms with van der Waals surface area (Å²) in [6.07, 6.45) is 4.83. The molecule has 24 heavy (non-hydrogen) atoms. The van der Waals surface area contributed by atoms with Crippen LogP contribution in [0.5, 0.6) is 0 Å². The number of rotatable bonds is 3. The topological polar surface area (TPSA) is 56.5 Å². The van der Waals surface area contributed by atoms with Crippen molar-refractivity contribution < 1.29 is 14.4 Å². The van der Waals surface area contributed by atoms with Crippen LogP contribution in [0.1, 0.15) is 47.0 Å². The fourth-order valence-electron chi connectivity index (χ4n) is 3.35. The molecule has 0 amide bonds.